The van der Waals surface area contributed by atoms with Crippen molar-refractivity contribution in [1.29, 1.82) is 0 Å². The second kappa shape index (κ2) is 9.67. The number of nitrogens with zero attached hydrogens (tertiary/aromatic N) is 1. The second-order valence-corrected chi connectivity index (χ2v) is 7.97. The quantitative estimate of drug-likeness (QED) is 0.649. The van der Waals surface area contributed by atoms with E-state index >= 15 is 0 Å². The first kappa shape index (κ1) is 20.9. The van der Waals surface area contributed by atoms with Gasteiger partial charge in [0, 0.05) is 16.9 Å². The van der Waals surface area contributed by atoms with Gasteiger partial charge in [0.15, 0.2) is 6.04 Å². The van der Waals surface area contributed by atoms with Gasteiger partial charge in [-0.2, -0.15) is 0 Å². The molecule has 1 heterocycles. The molecular weight excluding hydrogens is 386 g/mol. The summed E-state index contributed by atoms with van der Waals surface area (Å²) in [5.74, 6) is 0.936. The zero-order valence-electron chi connectivity index (χ0n) is 18.2. The SMILES string of the molecule is COc1ccc(N2CC[NH+]([C@@H](C)C(=O)Nc3ccccc3-c3ccccc3)CC2)cc1. The van der Waals surface area contributed by atoms with E-state index in [2.05, 4.69) is 40.5 Å². The largest absolute Gasteiger partial charge is 0.497 e. The van der Waals surface area contributed by atoms with Crippen LogP contribution in [-0.4, -0.2) is 45.2 Å². The molecule has 3 aromatic rings. The maximum atomic E-state index is 13.1. The Kier molecular flexibility index (Phi) is 6.53. The number of hydrogen-bond donors (Lipinski definition) is 2. The van der Waals surface area contributed by atoms with E-state index in [1.54, 1.807) is 7.11 Å². The molecule has 5 nitrogen and oxygen atoms in total. The minimum atomic E-state index is -0.109. The Morgan fingerprint density at radius 2 is 1.58 bits per heavy atom. The van der Waals surface area contributed by atoms with Gasteiger partial charge in [0.2, 0.25) is 0 Å². The van der Waals surface area contributed by atoms with Gasteiger partial charge >= 0.3 is 0 Å². The highest BCUT2D eigenvalue weighted by Crippen LogP contribution is 2.27. The van der Waals surface area contributed by atoms with Crippen molar-refractivity contribution in [3.8, 4) is 16.9 Å². The summed E-state index contributed by atoms with van der Waals surface area (Å²) < 4.78 is 5.25. The van der Waals surface area contributed by atoms with E-state index in [1.165, 1.54) is 10.6 Å². The fourth-order valence-corrected chi connectivity index (χ4v) is 4.17. The third-order valence-corrected chi connectivity index (χ3v) is 6.12. The molecule has 1 atom stereocenters. The third-order valence-electron chi connectivity index (χ3n) is 6.12. The van der Waals surface area contributed by atoms with E-state index in [9.17, 15) is 4.79 Å². The number of anilines is 2. The van der Waals surface area contributed by atoms with Gasteiger partial charge in [0.05, 0.1) is 33.3 Å². The monoisotopic (exact) mass is 416 g/mol. The maximum absolute atomic E-state index is 13.1. The number of methoxy groups -OCH3 is 1. The van der Waals surface area contributed by atoms with Crippen LogP contribution in [-0.2, 0) is 4.79 Å². The summed E-state index contributed by atoms with van der Waals surface area (Å²) in [6.45, 7) is 5.75. The van der Waals surface area contributed by atoms with Crippen LogP contribution in [0.2, 0.25) is 0 Å². The van der Waals surface area contributed by atoms with Crippen molar-refractivity contribution in [1.82, 2.24) is 0 Å². The lowest BCUT2D eigenvalue weighted by molar-refractivity contribution is -0.914. The van der Waals surface area contributed by atoms with E-state index in [4.69, 9.17) is 4.74 Å². The number of rotatable bonds is 6. The van der Waals surface area contributed by atoms with Crippen molar-refractivity contribution in [2.45, 2.75) is 13.0 Å². The molecule has 31 heavy (non-hydrogen) atoms. The molecule has 5 heteroatoms. The topological polar surface area (TPSA) is 46.0 Å². The molecule has 0 spiro atoms. The number of nitrogens with one attached hydrogen (secondary N) is 2. The molecule has 1 aliphatic rings. The van der Waals surface area contributed by atoms with Crippen molar-refractivity contribution in [3.05, 3.63) is 78.9 Å². The maximum Gasteiger partial charge on any atom is 0.282 e. The molecule has 0 saturated carbocycles. The molecule has 0 radical (unpaired) electrons. The number of piperazine rings is 1. The summed E-state index contributed by atoms with van der Waals surface area (Å²) in [5, 5.41) is 3.17. The van der Waals surface area contributed by atoms with Crippen LogP contribution in [0.4, 0.5) is 11.4 Å². The van der Waals surface area contributed by atoms with E-state index in [0.29, 0.717) is 0 Å². The predicted octanol–water partition coefficient (Wildman–Crippen LogP) is 3.09. The fourth-order valence-electron chi connectivity index (χ4n) is 4.17. The highest BCUT2D eigenvalue weighted by Gasteiger charge is 2.29. The van der Waals surface area contributed by atoms with Crippen molar-refractivity contribution < 1.29 is 14.4 Å². The molecule has 1 amide bonds. The number of para-hydroxylation sites is 1. The standard InChI is InChI=1S/C26H29N3O2/c1-20(28-16-18-29(19-17-28)22-12-14-23(31-2)15-13-22)26(30)27-25-11-7-6-10-24(25)21-8-4-3-5-9-21/h3-15,20H,16-19H2,1-2H3,(H,27,30)/p+1/t20-/m0/s1. The van der Waals surface area contributed by atoms with Crippen LogP contribution in [0.3, 0.4) is 0 Å². The van der Waals surface area contributed by atoms with Crippen LogP contribution in [0.1, 0.15) is 6.92 Å². The highest BCUT2D eigenvalue weighted by atomic mass is 16.5. The molecule has 160 valence electrons. The Hall–Kier alpha value is -3.31. The van der Waals surface area contributed by atoms with Crippen molar-refractivity contribution in [2.24, 2.45) is 0 Å². The lowest BCUT2D eigenvalue weighted by Crippen LogP contribution is -3.19. The average Bonchev–Trinajstić information content (AvgIpc) is 2.84. The number of hydrogen-bond acceptors (Lipinski definition) is 3. The van der Waals surface area contributed by atoms with Crippen LogP contribution in [0.15, 0.2) is 78.9 Å². The van der Waals surface area contributed by atoms with Crippen molar-refractivity contribution in [2.75, 3.05) is 43.5 Å². The minimum absolute atomic E-state index is 0.0660. The van der Waals surface area contributed by atoms with Crippen LogP contribution in [0, 0.1) is 0 Å². The zero-order chi connectivity index (χ0) is 21.6. The van der Waals surface area contributed by atoms with Crippen molar-refractivity contribution >= 4 is 17.3 Å². The van der Waals surface area contributed by atoms with Gasteiger partial charge in [-0.05, 0) is 42.8 Å². The number of benzene rings is 3. The lowest BCUT2D eigenvalue weighted by Gasteiger charge is -2.36. The molecule has 1 fully saturated rings. The van der Waals surface area contributed by atoms with E-state index in [-0.39, 0.29) is 11.9 Å². The van der Waals surface area contributed by atoms with Gasteiger partial charge in [-0.25, -0.2) is 0 Å². The van der Waals surface area contributed by atoms with Gasteiger partial charge in [-0.15, -0.1) is 0 Å². The first-order valence-corrected chi connectivity index (χ1v) is 10.8. The summed E-state index contributed by atoms with van der Waals surface area (Å²) in [7, 11) is 1.68. The zero-order valence-corrected chi connectivity index (χ0v) is 18.2. The molecule has 0 aliphatic carbocycles. The van der Waals surface area contributed by atoms with E-state index in [1.807, 2.05) is 55.5 Å². The Morgan fingerprint density at radius 3 is 2.26 bits per heavy atom. The fraction of sp³-hybridized carbons (Fsp3) is 0.269. The summed E-state index contributed by atoms with van der Waals surface area (Å²) in [4.78, 5) is 16.8. The second-order valence-electron chi connectivity index (χ2n) is 7.97. The van der Waals surface area contributed by atoms with Crippen LogP contribution < -0.4 is 19.9 Å². The highest BCUT2D eigenvalue weighted by molar-refractivity contribution is 5.97. The van der Waals surface area contributed by atoms with Gasteiger partial charge in [0.25, 0.3) is 5.91 Å². The molecule has 0 unspecified atom stereocenters. The Bertz CT molecular complexity index is 997. The molecule has 0 bridgehead atoms. The average molecular weight is 417 g/mol. The molecule has 4 rings (SSSR count). The molecular formula is C26H30N3O2+. The predicted molar refractivity (Wildman–Crippen MR) is 126 cm³/mol. The first-order valence-electron chi connectivity index (χ1n) is 10.8. The first-order chi connectivity index (χ1) is 15.2. The Morgan fingerprint density at radius 1 is 0.935 bits per heavy atom. The van der Waals surface area contributed by atoms with Gasteiger partial charge < -0.3 is 19.9 Å². The summed E-state index contributed by atoms with van der Waals surface area (Å²) in [6.07, 6.45) is 0. The summed E-state index contributed by atoms with van der Waals surface area (Å²) in [5.41, 5.74) is 4.21. The smallest absolute Gasteiger partial charge is 0.282 e. The number of carbonyl (C=O) groups excluding carboxylic acids is 1. The third kappa shape index (κ3) is 4.89. The number of amides is 1. The Labute approximate surface area is 184 Å². The number of quaternary nitrogens is 1. The van der Waals surface area contributed by atoms with Crippen LogP contribution in [0.25, 0.3) is 11.1 Å². The van der Waals surface area contributed by atoms with Crippen LogP contribution >= 0.6 is 0 Å². The molecule has 1 aliphatic heterocycles. The van der Waals surface area contributed by atoms with Crippen molar-refractivity contribution in [3.63, 3.8) is 0 Å². The molecule has 2 N–H and O–H groups in total. The van der Waals surface area contributed by atoms with Gasteiger partial charge in [-0.1, -0.05) is 48.5 Å². The molecule has 1 saturated heterocycles. The van der Waals surface area contributed by atoms with Crippen LogP contribution in [0.5, 0.6) is 5.75 Å². The van der Waals surface area contributed by atoms with E-state index < -0.39 is 0 Å². The number of carbonyl (C=O) groups is 1. The number of ether oxygens (including phenoxy) is 1. The lowest BCUT2D eigenvalue weighted by atomic mass is 10.0. The van der Waals surface area contributed by atoms with Gasteiger partial charge in [0.1, 0.15) is 5.75 Å². The van der Waals surface area contributed by atoms with E-state index in [0.717, 1.165) is 48.7 Å². The normalized spacial score (nSPS) is 15.4. The molecule has 0 aromatic heterocycles. The summed E-state index contributed by atoms with van der Waals surface area (Å²) in [6, 6.07) is 26.2. The van der Waals surface area contributed by atoms with Gasteiger partial charge in [-0.3, -0.25) is 4.79 Å². The molecule has 3 aromatic carbocycles. The minimum Gasteiger partial charge on any atom is -0.497 e. The Balaban J connectivity index is 1.37. The summed E-state index contributed by atoms with van der Waals surface area (Å²) >= 11 is 0.